The van der Waals surface area contributed by atoms with E-state index < -0.39 is 0 Å². The number of carbonyl (C=O) groups is 1. The lowest BCUT2D eigenvalue weighted by atomic mass is 10.2. The molecule has 1 unspecified atom stereocenters. The molecule has 0 aliphatic carbocycles. The first kappa shape index (κ1) is 12.2. The van der Waals surface area contributed by atoms with Crippen LogP contribution in [0, 0.1) is 0 Å². The van der Waals surface area contributed by atoms with Gasteiger partial charge < -0.3 is 10.6 Å². The van der Waals surface area contributed by atoms with Crippen molar-refractivity contribution in [3.8, 4) is 10.8 Å². The van der Waals surface area contributed by atoms with Gasteiger partial charge in [0.2, 0.25) is 0 Å². The highest BCUT2D eigenvalue weighted by Crippen LogP contribution is 2.21. The number of carbonyl (C=O) groups excluding carboxylic acids is 1. The van der Waals surface area contributed by atoms with Crippen LogP contribution in [0.15, 0.2) is 24.7 Å². The summed E-state index contributed by atoms with van der Waals surface area (Å²) in [5.74, 6) is 0.475. The van der Waals surface area contributed by atoms with Gasteiger partial charge in [-0.25, -0.2) is 15.0 Å². The fourth-order valence-corrected chi connectivity index (χ4v) is 2.69. The fourth-order valence-electron chi connectivity index (χ4n) is 1.93. The highest BCUT2D eigenvalue weighted by atomic mass is 32.1. The first-order chi connectivity index (χ1) is 9.33. The van der Waals surface area contributed by atoms with Crippen LogP contribution in [0.3, 0.4) is 0 Å². The summed E-state index contributed by atoms with van der Waals surface area (Å²) in [5, 5.41) is 6.86. The van der Waals surface area contributed by atoms with Gasteiger partial charge >= 0.3 is 0 Å². The molecular weight excluding hydrogens is 262 g/mol. The standard InChI is InChI=1S/C12H13N5OS/c18-11(17-8-2-5-13-6-8)9-7-16-12(19-9)10-14-3-1-4-15-10/h1,3-4,7-8,13H,2,5-6H2,(H,17,18). The molecule has 0 spiro atoms. The van der Waals surface area contributed by atoms with Crippen molar-refractivity contribution in [2.24, 2.45) is 0 Å². The predicted molar refractivity (Wildman–Crippen MR) is 71.9 cm³/mol. The van der Waals surface area contributed by atoms with Gasteiger partial charge in [0.15, 0.2) is 10.8 Å². The second kappa shape index (κ2) is 5.41. The quantitative estimate of drug-likeness (QED) is 0.861. The second-order valence-corrected chi connectivity index (χ2v) is 5.30. The van der Waals surface area contributed by atoms with Crippen LogP contribution in [0.25, 0.3) is 10.8 Å². The van der Waals surface area contributed by atoms with Gasteiger partial charge in [0, 0.05) is 25.0 Å². The summed E-state index contributed by atoms with van der Waals surface area (Å²) in [6.45, 7) is 1.79. The van der Waals surface area contributed by atoms with E-state index >= 15 is 0 Å². The lowest BCUT2D eigenvalue weighted by Gasteiger charge is -2.09. The molecule has 1 aliphatic rings. The zero-order valence-electron chi connectivity index (χ0n) is 10.2. The van der Waals surface area contributed by atoms with Gasteiger partial charge in [-0.3, -0.25) is 4.79 Å². The molecule has 1 aliphatic heterocycles. The third kappa shape index (κ3) is 2.77. The Morgan fingerprint density at radius 3 is 2.95 bits per heavy atom. The molecule has 1 fully saturated rings. The van der Waals surface area contributed by atoms with Crippen molar-refractivity contribution in [3.05, 3.63) is 29.5 Å². The van der Waals surface area contributed by atoms with Crippen LogP contribution in [0.1, 0.15) is 16.1 Å². The molecule has 0 saturated carbocycles. The number of aromatic nitrogens is 3. The van der Waals surface area contributed by atoms with E-state index in [1.165, 1.54) is 11.3 Å². The number of thiazole rings is 1. The summed E-state index contributed by atoms with van der Waals surface area (Å²) >= 11 is 1.31. The number of hydrogen-bond donors (Lipinski definition) is 2. The van der Waals surface area contributed by atoms with E-state index in [1.54, 1.807) is 24.7 Å². The Bertz CT molecular complexity index is 565. The second-order valence-electron chi connectivity index (χ2n) is 4.27. The highest BCUT2D eigenvalue weighted by Gasteiger charge is 2.19. The maximum atomic E-state index is 12.0. The first-order valence-electron chi connectivity index (χ1n) is 6.08. The molecular formula is C12H13N5OS. The summed E-state index contributed by atoms with van der Waals surface area (Å²) in [5.41, 5.74) is 0. The monoisotopic (exact) mass is 275 g/mol. The molecule has 3 heterocycles. The van der Waals surface area contributed by atoms with Crippen molar-refractivity contribution in [2.75, 3.05) is 13.1 Å². The van der Waals surface area contributed by atoms with Crippen molar-refractivity contribution in [1.29, 1.82) is 0 Å². The van der Waals surface area contributed by atoms with Crippen LogP contribution >= 0.6 is 11.3 Å². The third-order valence-corrected chi connectivity index (χ3v) is 3.87. The Hall–Kier alpha value is -1.86. The van der Waals surface area contributed by atoms with Crippen molar-refractivity contribution in [1.82, 2.24) is 25.6 Å². The maximum absolute atomic E-state index is 12.0. The summed E-state index contributed by atoms with van der Waals surface area (Å²) in [6, 6.07) is 1.96. The summed E-state index contributed by atoms with van der Waals surface area (Å²) in [7, 11) is 0. The SMILES string of the molecule is O=C(NC1CCNC1)c1cnc(-c2ncccn2)s1. The molecule has 1 amide bonds. The van der Waals surface area contributed by atoms with Crippen LogP contribution in [-0.4, -0.2) is 40.0 Å². The van der Waals surface area contributed by atoms with Gasteiger partial charge in [0.05, 0.1) is 6.20 Å². The van der Waals surface area contributed by atoms with Crippen molar-refractivity contribution in [3.63, 3.8) is 0 Å². The Labute approximate surface area is 114 Å². The third-order valence-electron chi connectivity index (χ3n) is 2.88. The van der Waals surface area contributed by atoms with Gasteiger partial charge in [-0.15, -0.1) is 11.3 Å². The topological polar surface area (TPSA) is 79.8 Å². The molecule has 1 atom stereocenters. The molecule has 2 N–H and O–H groups in total. The Morgan fingerprint density at radius 1 is 1.37 bits per heavy atom. The number of rotatable bonds is 3. The van der Waals surface area contributed by atoms with Gasteiger partial charge in [0.1, 0.15) is 4.88 Å². The van der Waals surface area contributed by atoms with Crippen LogP contribution in [0.2, 0.25) is 0 Å². The normalized spacial score (nSPS) is 18.4. The summed E-state index contributed by atoms with van der Waals surface area (Å²) in [6.07, 6.45) is 5.87. The highest BCUT2D eigenvalue weighted by molar-refractivity contribution is 7.16. The van der Waals surface area contributed by atoms with Gasteiger partial charge in [-0.1, -0.05) is 0 Å². The summed E-state index contributed by atoms with van der Waals surface area (Å²) < 4.78 is 0. The number of nitrogens with one attached hydrogen (secondary N) is 2. The first-order valence-corrected chi connectivity index (χ1v) is 6.89. The Balaban J connectivity index is 1.72. The lowest BCUT2D eigenvalue weighted by molar-refractivity contribution is 0.0944. The van der Waals surface area contributed by atoms with Crippen LogP contribution in [-0.2, 0) is 0 Å². The minimum absolute atomic E-state index is 0.0756. The van der Waals surface area contributed by atoms with E-state index in [0.717, 1.165) is 19.5 Å². The number of hydrogen-bond acceptors (Lipinski definition) is 6. The van der Waals surface area contributed by atoms with Gasteiger partial charge in [0.25, 0.3) is 5.91 Å². The minimum atomic E-state index is -0.0756. The average Bonchev–Trinajstić information content (AvgIpc) is 3.10. The number of amides is 1. The minimum Gasteiger partial charge on any atom is -0.347 e. The molecule has 19 heavy (non-hydrogen) atoms. The molecule has 2 aromatic heterocycles. The van der Waals surface area contributed by atoms with E-state index in [2.05, 4.69) is 25.6 Å². The van der Waals surface area contributed by atoms with Crippen molar-refractivity contribution < 1.29 is 4.79 Å². The molecule has 0 aromatic carbocycles. The molecule has 3 rings (SSSR count). The molecule has 7 heteroatoms. The van der Waals surface area contributed by atoms with Crippen LogP contribution < -0.4 is 10.6 Å². The van der Waals surface area contributed by atoms with E-state index in [-0.39, 0.29) is 11.9 Å². The molecule has 0 radical (unpaired) electrons. The van der Waals surface area contributed by atoms with Crippen molar-refractivity contribution >= 4 is 17.2 Å². The molecule has 2 aromatic rings. The van der Waals surface area contributed by atoms with Crippen molar-refractivity contribution in [2.45, 2.75) is 12.5 Å². The van der Waals surface area contributed by atoms with Crippen LogP contribution in [0.5, 0.6) is 0 Å². The average molecular weight is 275 g/mol. The van der Waals surface area contributed by atoms with Gasteiger partial charge in [-0.05, 0) is 19.0 Å². The van der Waals surface area contributed by atoms with Crippen LogP contribution in [0.4, 0.5) is 0 Å². The zero-order chi connectivity index (χ0) is 13.1. The molecule has 0 bridgehead atoms. The largest absolute Gasteiger partial charge is 0.347 e. The van der Waals surface area contributed by atoms with E-state index in [9.17, 15) is 4.79 Å². The number of nitrogens with zero attached hydrogens (tertiary/aromatic N) is 3. The van der Waals surface area contributed by atoms with Gasteiger partial charge in [-0.2, -0.15) is 0 Å². The predicted octanol–water partition coefficient (Wildman–Crippen LogP) is 0.692. The molecule has 98 valence electrons. The maximum Gasteiger partial charge on any atom is 0.263 e. The van der Waals surface area contributed by atoms with E-state index in [0.29, 0.717) is 15.7 Å². The Morgan fingerprint density at radius 2 is 2.21 bits per heavy atom. The summed E-state index contributed by atoms with van der Waals surface area (Å²) in [4.78, 5) is 25.1. The zero-order valence-corrected chi connectivity index (χ0v) is 11.0. The fraction of sp³-hybridized carbons (Fsp3) is 0.333. The lowest BCUT2D eigenvalue weighted by Crippen LogP contribution is -2.35. The Kier molecular flexibility index (Phi) is 3.47. The smallest absolute Gasteiger partial charge is 0.263 e. The van der Waals surface area contributed by atoms with E-state index in [1.807, 2.05) is 0 Å². The van der Waals surface area contributed by atoms with E-state index in [4.69, 9.17) is 0 Å². The molecule has 6 nitrogen and oxygen atoms in total. The molecule has 1 saturated heterocycles.